The van der Waals surface area contributed by atoms with Crippen molar-refractivity contribution in [2.24, 2.45) is 11.7 Å². The smallest absolute Gasteiger partial charge is 0.0328 e. The average Bonchev–Trinajstić information content (AvgIpc) is 2.77. The highest BCUT2D eigenvalue weighted by Gasteiger charge is 2.18. The van der Waals surface area contributed by atoms with E-state index in [2.05, 4.69) is 24.0 Å². The summed E-state index contributed by atoms with van der Waals surface area (Å²) in [7, 11) is 0. The van der Waals surface area contributed by atoms with Crippen LogP contribution in [0.4, 0.5) is 0 Å². The zero-order valence-electron chi connectivity index (χ0n) is 10.1. The summed E-state index contributed by atoms with van der Waals surface area (Å²) in [5.74, 6) is 0.722. The van der Waals surface area contributed by atoms with Crippen LogP contribution in [0.5, 0.6) is 0 Å². The van der Waals surface area contributed by atoms with Crippen LogP contribution in [-0.4, -0.2) is 24.5 Å². The molecule has 0 bridgehead atoms. The fourth-order valence-electron chi connectivity index (χ4n) is 2.40. The predicted octanol–water partition coefficient (Wildman–Crippen LogP) is 2.48. The van der Waals surface area contributed by atoms with E-state index in [9.17, 15) is 0 Å². The molecular weight excluding hydrogens is 216 g/mol. The molecule has 3 heteroatoms. The molecule has 1 unspecified atom stereocenters. The van der Waals surface area contributed by atoms with Gasteiger partial charge in [0.25, 0.3) is 0 Å². The minimum atomic E-state index is 0.722. The minimum Gasteiger partial charge on any atom is -0.330 e. The fraction of sp³-hybridized carbons (Fsp3) is 0.692. The number of hydrogen-bond acceptors (Lipinski definition) is 3. The molecule has 2 heterocycles. The molecule has 16 heavy (non-hydrogen) atoms. The number of nitrogens with two attached hydrogens (primary N) is 1. The topological polar surface area (TPSA) is 29.3 Å². The van der Waals surface area contributed by atoms with E-state index in [4.69, 9.17) is 5.73 Å². The second-order valence-corrected chi connectivity index (χ2v) is 5.95. The summed E-state index contributed by atoms with van der Waals surface area (Å²) in [5.41, 5.74) is 5.76. The molecule has 1 aliphatic rings. The van der Waals surface area contributed by atoms with E-state index in [0.29, 0.717) is 0 Å². The molecule has 0 spiro atoms. The van der Waals surface area contributed by atoms with Gasteiger partial charge < -0.3 is 5.73 Å². The van der Waals surface area contributed by atoms with E-state index >= 15 is 0 Å². The van der Waals surface area contributed by atoms with Crippen LogP contribution in [0.15, 0.2) is 12.1 Å². The number of thiophene rings is 1. The summed E-state index contributed by atoms with van der Waals surface area (Å²) in [6.07, 6.45) is 3.79. The van der Waals surface area contributed by atoms with Crippen LogP contribution in [-0.2, 0) is 13.0 Å². The molecule has 0 aliphatic carbocycles. The number of hydrogen-bond donors (Lipinski definition) is 1. The van der Waals surface area contributed by atoms with Gasteiger partial charge in [-0.15, -0.1) is 11.3 Å². The third kappa shape index (κ3) is 3.06. The normalized spacial score (nSPS) is 22.5. The molecule has 0 saturated carbocycles. The lowest BCUT2D eigenvalue weighted by atomic mass is 9.98. The lowest BCUT2D eigenvalue weighted by Gasteiger charge is -2.31. The van der Waals surface area contributed by atoms with Gasteiger partial charge in [0.15, 0.2) is 0 Å². The highest BCUT2D eigenvalue weighted by molar-refractivity contribution is 7.11. The van der Waals surface area contributed by atoms with Gasteiger partial charge in [-0.05, 0) is 50.4 Å². The number of rotatable bonds is 4. The Labute approximate surface area is 102 Å². The maximum atomic E-state index is 5.76. The summed E-state index contributed by atoms with van der Waals surface area (Å²) < 4.78 is 0. The van der Waals surface area contributed by atoms with Gasteiger partial charge in [-0.3, -0.25) is 4.90 Å². The van der Waals surface area contributed by atoms with Gasteiger partial charge in [-0.2, -0.15) is 0 Å². The Morgan fingerprint density at radius 2 is 2.25 bits per heavy atom. The van der Waals surface area contributed by atoms with Crippen molar-refractivity contribution in [2.75, 3.05) is 19.6 Å². The summed E-state index contributed by atoms with van der Waals surface area (Å²) in [4.78, 5) is 5.57. The summed E-state index contributed by atoms with van der Waals surface area (Å²) in [5, 5.41) is 0. The summed E-state index contributed by atoms with van der Waals surface area (Å²) >= 11 is 1.96. The van der Waals surface area contributed by atoms with E-state index in [-0.39, 0.29) is 0 Å². The van der Waals surface area contributed by atoms with Crippen molar-refractivity contribution in [3.8, 4) is 0 Å². The van der Waals surface area contributed by atoms with Crippen molar-refractivity contribution in [3.63, 3.8) is 0 Å². The second-order valence-electron chi connectivity index (χ2n) is 4.70. The highest BCUT2D eigenvalue weighted by Crippen LogP contribution is 2.22. The van der Waals surface area contributed by atoms with Crippen LogP contribution in [0.3, 0.4) is 0 Å². The number of piperidine rings is 1. The maximum Gasteiger partial charge on any atom is 0.0328 e. The zero-order valence-corrected chi connectivity index (χ0v) is 10.9. The molecule has 2 N–H and O–H groups in total. The molecule has 1 saturated heterocycles. The molecule has 0 aromatic carbocycles. The van der Waals surface area contributed by atoms with E-state index < -0.39 is 0 Å². The lowest BCUT2D eigenvalue weighted by molar-refractivity contribution is 0.172. The van der Waals surface area contributed by atoms with Gasteiger partial charge in [0, 0.05) is 22.8 Å². The van der Waals surface area contributed by atoms with Crippen molar-refractivity contribution in [1.29, 1.82) is 0 Å². The van der Waals surface area contributed by atoms with Gasteiger partial charge in [0.05, 0.1) is 0 Å². The Balaban J connectivity index is 1.88. The second kappa shape index (κ2) is 5.80. The Morgan fingerprint density at radius 3 is 2.94 bits per heavy atom. The first-order valence-electron chi connectivity index (χ1n) is 6.31. The maximum absolute atomic E-state index is 5.76. The quantitative estimate of drug-likeness (QED) is 0.873. The van der Waals surface area contributed by atoms with Crippen molar-refractivity contribution in [3.05, 3.63) is 21.9 Å². The molecular formula is C13H22N2S. The van der Waals surface area contributed by atoms with E-state index in [0.717, 1.165) is 25.4 Å². The SMILES string of the molecule is CCc1ccc(CN2CCCC(CN)C2)s1. The summed E-state index contributed by atoms with van der Waals surface area (Å²) in [6, 6.07) is 4.56. The average molecular weight is 238 g/mol. The first-order valence-corrected chi connectivity index (χ1v) is 7.13. The van der Waals surface area contributed by atoms with Gasteiger partial charge in [0.2, 0.25) is 0 Å². The molecule has 0 amide bonds. The van der Waals surface area contributed by atoms with Crippen molar-refractivity contribution >= 4 is 11.3 Å². The number of likely N-dealkylation sites (tertiary alicyclic amines) is 1. The largest absolute Gasteiger partial charge is 0.330 e. The monoisotopic (exact) mass is 238 g/mol. The van der Waals surface area contributed by atoms with Crippen LogP contribution >= 0.6 is 11.3 Å². The van der Waals surface area contributed by atoms with E-state index in [1.165, 1.54) is 35.7 Å². The van der Waals surface area contributed by atoms with Crippen molar-refractivity contribution in [2.45, 2.75) is 32.7 Å². The lowest BCUT2D eigenvalue weighted by Crippen LogP contribution is -2.37. The molecule has 90 valence electrons. The number of nitrogens with zero attached hydrogens (tertiary/aromatic N) is 1. The Hall–Kier alpha value is -0.380. The minimum absolute atomic E-state index is 0.722. The molecule has 2 rings (SSSR count). The third-order valence-electron chi connectivity index (χ3n) is 3.38. The van der Waals surface area contributed by atoms with Crippen molar-refractivity contribution < 1.29 is 0 Å². The Bertz CT molecular complexity index is 321. The van der Waals surface area contributed by atoms with Gasteiger partial charge >= 0.3 is 0 Å². The van der Waals surface area contributed by atoms with Crippen LogP contribution in [0.1, 0.15) is 29.5 Å². The third-order valence-corrected chi connectivity index (χ3v) is 4.60. The van der Waals surface area contributed by atoms with Crippen LogP contribution in [0, 0.1) is 5.92 Å². The van der Waals surface area contributed by atoms with Crippen LogP contribution < -0.4 is 5.73 Å². The van der Waals surface area contributed by atoms with Crippen LogP contribution in [0.25, 0.3) is 0 Å². The Kier molecular flexibility index (Phi) is 4.38. The van der Waals surface area contributed by atoms with Crippen LogP contribution in [0.2, 0.25) is 0 Å². The summed E-state index contributed by atoms with van der Waals surface area (Å²) in [6.45, 7) is 6.63. The first kappa shape index (κ1) is 12.1. The molecule has 1 fully saturated rings. The molecule has 1 aromatic rings. The van der Waals surface area contributed by atoms with E-state index in [1.807, 2.05) is 11.3 Å². The highest BCUT2D eigenvalue weighted by atomic mass is 32.1. The predicted molar refractivity (Wildman–Crippen MR) is 70.8 cm³/mol. The molecule has 1 aromatic heterocycles. The molecule has 0 radical (unpaired) electrons. The molecule has 2 nitrogen and oxygen atoms in total. The molecule has 1 aliphatic heterocycles. The molecule has 1 atom stereocenters. The standard InChI is InChI=1S/C13H22N2S/c1-2-12-5-6-13(16-12)10-15-7-3-4-11(8-14)9-15/h5-6,11H,2-4,7-10,14H2,1H3. The van der Waals surface area contributed by atoms with Gasteiger partial charge in [-0.1, -0.05) is 6.92 Å². The van der Waals surface area contributed by atoms with Gasteiger partial charge in [-0.25, -0.2) is 0 Å². The zero-order chi connectivity index (χ0) is 11.4. The first-order chi connectivity index (χ1) is 7.81. The van der Waals surface area contributed by atoms with E-state index in [1.54, 1.807) is 0 Å². The van der Waals surface area contributed by atoms with Crippen molar-refractivity contribution in [1.82, 2.24) is 4.90 Å². The number of aryl methyl sites for hydroxylation is 1. The van der Waals surface area contributed by atoms with Gasteiger partial charge in [0.1, 0.15) is 0 Å². The fourth-order valence-corrected chi connectivity index (χ4v) is 3.41. The Morgan fingerprint density at radius 1 is 1.44 bits per heavy atom.